The number of carbonyl (C=O) groups excluding carboxylic acids is 1. The van der Waals surface area contributed by atoms with Crippen molar-refractivity contribution in [2.45, 2.75) is 38.3 Å². The van der Waals surface area contributed by atoms with Crippen LogP contribution in [0.25, 0.3) is 0 Å². The van der Waals surface area contributed by atoms with E-state index in [1.165, 1.54) is 17.9 Å². The smallest absolute Gasteiger partial charge is 0.267 e. The first-order valence-corrected chi connectivity index (χ1v) is 7.95. The number of pyridine rings is 1. The van der Waals surface area contributed by atoms with Crippen LogP contribution in [0.5, 0.6) is 5.88 Å². The Hall–Kier alpha value is -2.70. The van der Waals surface area contributed by atoms with Gasteiger partial charge in [-0.3, -0.25) is 9.59 Å². The van der Waals surface area contributed by atoms with Crippen LogP contribution in [0.4, 0.5) is 0 Å². The molecule has 2 heterocycles. The first-order valence-electron chi connectivity index (χ1n) is 7.95. The lowest BCUT2D eigenvalue weighted by molar-refractivity contribution is -0.124. The van der Waals surface area contributed by atoms with Gasteiger partial charge in [0.15, 0.2) is 0 Å². The van der Waals surface area contributed by atoms with Gasteiger partial charge < -0.3 is 10.1 Å². The molecule has 1 atom stereocenters. The highest BCUT2D eigenvalue weighted by molar-refractivity contribution is 5.79. The first-order chi connectivity index (χ1) is 11.6. The van der Waals surface area contributed by atoms with E-state index in [4.69, 9.17) is 4.74 Å². The minimum Gasteiger partial charge on any atom is -0.481 e. The van der Waals surface area contributed by atoms with Gasteiger partial charge in [-0.05, 0) is 37.5 Å². The summed E-state index contributed by atoms with van der Waals surface area (Å²) in [6, 6.07) is 6.12. The molecule has 0 aromatic carbocycles. The Bertz CT molecular complexity index is 798. The summed E-state index contributed by atoms with van der Waals surface area (Å²) in [6.07, 6.45) is 3.81. The SMILES string of the molecule is COc1cc(CNC(=O)C(C)n2nc(C3CC3)ccc2=O)ccn1. The zero-order valence-electron chi connectivity index (χ0n) is 13.7. The molecular formula is C17H20N4O3. The molecule has 1 N–H and O–H groups in total. The summed E-state index contributed by atoms with van der Waals surface area (Å²) >= 11 is 0. The topological polar surface area (TPSA) is 86.1 Å². The Balaban J connectivity index is 1.68. The number of ether oxygens (including phenoxy) is 1. The summed E-state index contributed by atoms with van der Waals surface area (Å²) in [5.74, 6) is 0.662. The Labute approximate surface area is 139 Å². The number of hydrogen-bond donors (Lipinski definition) is 1. The summed E-state index contributed by atoms with van der Waals surface area (Å²) in [4.78, 5) is 28.4. The third kappa shape index (κ3) is 3.61. The lowest BCUT2D eigenvalue weighted by Gasteiger charge is -2.15. The number of aromatic nitrogens is 3. The summed E-state index contributed by atoms with van der Waals surface area (Å²) in [7, 11) is 1.54. The van der Waals surface area contributed by atoms with Gasteiger partial charge in [-0.25, -0.2) is 9.67 Å². The van der Waals surface area contributed by atoms with Gasteiger partial charge in [0.2, 0.25) is 11.8 Å². The Kier molecular flexibility index (Phi) is 4.59. The van der Waals surface area contributed by atoms with Crippen molar-refractivity contribution in [3.8, 4) is 5.88 Å². The van der Waals surface area contributed by atoms with Gasteiger partial charge in [0.05, 0.1) is 12.8 Å². The minimum absolute atomic E-state index is 0.256. The Morgan fingerprint density at radius 3 is 2.92 bits per heavy atom. The van der Waals surface area contributed by atoms with Crippen LogP contribution in [0, 0.1) is 0 Å². The number of carbonyl (C=O) groups is 1. The molecule has 2 aromatic heterocycles. The third-order valence-corrected chi connectivity index (χ3v) is 4.06. The van der Waals surface area contributed by atoms with E-state index in [9.17, 15) is 9.59 Å². The zero-order chi connectivity index (χ0) is 17.1. The van der Waals surface area contributed by atoms with E-state index in [2.05, 4.69) is 15.4 Å². The van der Waals surface area contributed by atoms with Crippen LogP contribution in [0.3, 0.4) is 0 Å². The number of hydrogen-bond acceptors (Lipinski definition) is 5. The quantitative estimate of drug-likeness (QED) is 0.866. The van der Waals surface area contributed by atoms with Crippen LogP contribution in [-0.4, -0.2) is 27.8 Å². The molecule has 1 amide bonds. The molecule has 0 radical (unpaired) electrons. The summed E-state index contributed by atoms with van der Waals surface area (Å²) in [6.45, 7) is 2.01. The average molecular weight is 328 g/mol. The molecule has 1 saturated carbocycles. The number of methoxy groups -OCH3 is 1. The maximum absolute atomic E-state index is 12.4. The molecule has 3 rings (SSSR count). The molecule has 1 fully saturated rings. The van der Waals surface area contributed by atoms with Crippen molar-refractivity contribution < 1.29 is 9.53 Å². The molecule has 1 aliphatic rings. The fourth-order valence-electron chi connectivity index (χ4n) is 2.43. The van der Waals surface area contributed by atoms with E-state index < -0.39 is 6.04 Å². The van der Waals surface area contributed by atoms with Crippen molar-refractivity contribution in [3.63, 3.8) is 0 Å². The van der Waals surface area contributed by atoms with Crippen LogP contribution in [0.15, 0.2) is 35.3 Å². The van der Waals surface area contributed by atoms with Crippen molar-refractivity contribution in [1.82, 2.24) is 20.1 Å². The van der Waals surface area contributed by atoms with Crippen LogP contribution in [0.2, 0.25) is 0 Å². The number of nitrogens with one attached hydrogen (secondary N) is 1. The largest absolute Gasteiger partial charge is 0.481 e. The second kappa shape index (κ2) is 6.82. The maximum atomic E-state index is 12.4. The van der Waals surface area contributed by atoms with E-state index >= 15 is 0 Å². The molecule has 1 aliphatic carbocycles. The van der Waals surface area contributed by atoms with Crippen molar-refractivity contribution in [2.75, 3.05) is 7.11 Å². The zero-order valence-corrected chi connectivity index (χ0v) is 13.7. The fourth-order valence-corrected chi connectivity index (χ4v) is 2.43. The molecule has 0 aliphatic heterocycles. The Morgan fingerprint density at radius 2 is 2.21 bits per heavy atom. The molecule has 1 unspecified atom stereocenters. The molecule has 7 heteroatoms. The highest BCUT2D eigenvalue weighted by atomic mass is 16.5. The van der Waals surface area contributed by atoms with Gasteiger partial charge in [0.25, 0.3) is 5.56 Å². The van der Waals surface area contributed by atoms with E-state index in [0.717, 1.165) is 24.1 Å². The Morgan fingerprint density at radius 1 is 1.42 bits per heavy atom. The van der Waals surface area contributed by atoms with Crippen molar-refractivity contribution in [3.05, 3.63) is 52.1 Å². The predicted molar refractivity (Wildman–Crippen MR) is 87.8 cm³/mol. The van der Waals surface area contributed by atoms with Crippen LogP contribution < -0.4 is 15.6 Å². The second-order valence-electron chi connectivity index (χ2n) is 5.92. The third-order valence-electron chi connectivity index (χ3n) is 4.06. The van der Waals surface area contributed by atoms with Crippen LogP contribution >= 0.6 is 0 Å². The fraction of sp³-hybridized carbons (Fsp3) is 0.412. The molecule has 0 bridgehead atoms. The minimum atomic E-state index is -0.667. The lowest BCUT2D eigenvalue weighted by atomic mass is 10.2. The van der Waals surface area contributed by atoms with E-state index in [-0.39, 0.29) is 11.5 Å². The highest BCUT2D eigenvalue weighted by Crippen LogP contribution is 2.38. The molecule has 126 valence electrons. The lowest BCUT2D eigenvalue weighted by Crippen LogP contribution is -2.37. The molecule has 2 aromatic rings. The van der Waals surface area contributed by atoms with Gasteiger partial charge in [0, 0.05) is 30.8 Å². The average Bonchev–Trinajstić information content (AvgIpc) is 3.44. The highest BCUT2D eigenvalue weighted by Gasteiger charge is 2.27. The summed E-state index contributed by atoms with van der Waals surface area (Å²) in [5, 5.41) is 7.17. The van der Waals surface area contributed by atoms with Crippen molar-refractivity contribution >= 4 is 5.91 Å². The van der Waals surface area contributed by atoms with Crippen molar-refractivity contribution in [1.29, 1.82) is 0 Å². The summed E-state index contributed by atoms with van der Waals surface area (Å²) < 4.78 is 6.32. The van der Waals surface area contributed by atoms with Crippen LogP contribution in [-0.2, 0) is 11.3 Å². The van der Waals surface area contributed by atoms with E-state index in [1.807, 2.05) is 0 Å². The molecule has 0 saturated heterocycles. The molecule has 24 heavy (non-hydrogen) atoms. The van der Waals surface area contributed by atoms with Crippen LogP contribution in [0.1, 0.15) is 43.0 Å². The van der Waals surface area contributed by atoms with E-state index in [1.54, 1.807) is 31.3 Å². The molecular weight excluding hydrogens is 308 g/mol. The number of amides is 1. The molecule has 0 spiro atoms. The second-order valence-corrected chi connectivity index (χ2v) is 5.92. The number of rotatable bonds is 6. The predicted octanol–water partition coefficient (Wildman–Crippen LogP) is 1.40. The van der Waals surface area contributed by atoms with Gasteiger partial charge in [-0.2, -0.15) is 5.10 Å². The van der Waals surface area contributed by atoms with Gasteiger partial charge in [0.1, 0.15) is 6.04 Å². The molecule has 7 nitrogen and oxygen atoms in total. The van der Waals surface area contributed by atoms with Gasteiger partial charge in [-0.15, -0.1) is 0 Å². The first kappa shape index (κ1) is 16.2. The number of nitrogens with zero attached hydrogens (tertiary/aromatic N) is 3. The van der Waals surface area contributed by atoms with Crippen molar-refractivity contribution in [2.24, 2.45) is 0 Å². The van der Waals surface area contributed by atoms with Gasteiger partial charge in [-0.1, -0.05) is 0 Å². The maximum Gasteiger partial charge on any atom is 0.267 e. The standard InChI is InChI=1S/C17H20N4O3/c1-11(21-16(22)6-5-14(20-21)13-3-4-13)17(23)19-10-12-7-8-18-15(9-12)24-2/h5-9,11,13H,3-4,10H2,1-2H3,(H,19,23). The van der Waals surface area contributed by atoms with E-state index in [0.29, 0.717) is 18.3 Å². The van der Waals surface area contributed by atoms with Gasteiger partial charge >= 0.3 is 0 Å². The normalized spacial score (nSPS) is 14.9. The summed E-state index contributed by atoms with van der Waals surface area (Å²) in [5.41, 5.74) is 1.48. The monoisotopic (exact) mass is 328 g/mol.